The zero-order valence-corrected chi connectivity index (χ0v) is 8.56. The average molecular weight is 209 g/mol. The maximum Gasteiger partial charge on any atom is 0.315 e. The van der Waals surface area contributed by atoms with Gasteiger partial charge in [0.05, 0.1) is 6.26 Å². The van der Waals surface area contributed by atoms with Gasteiger partial charge in [-0.3, -0.25) is 4.79 Å². The summed E-state index contributed by atoms with van der Waals surface area (Å²) in [4.78, 5) is 13.3. The molecule has 2 rings (SSSR count). The Hall–Kier alpha value is -1.29. The van der Waals surface area contributed by atoms with E-state index in [1.165, 1.54) is 19.1 Å². The Morgan fingerprint density at radius 3 is 2.80 bits per heavy atom. The fourth-order valence-corrected chi connectivity index (χ4v) is 2.00. The Morgan fingerprint density at radius 1 is 1.53 bits per heavy atom. The van der Waals surface area contributed by atoms with Crippen molar-refractivity contribution in [3.05, 3.63) is 24.2 Å². The van der Waals surface area contributed by atoms with Crippen LogP contribution in [0.1, 0.15) is 24.5 Å². The molecule has 1 atom stereocenters. The molecule has 2 heterocycles. The standard InChI is InChI=1S/C11H15NO3/c13-11(14)9(10-4-3-7-15-10)8-12-5-1-2-6-12/h3-4,7,9H,1-2,5-6,8H2,(H,13,14). The molecule has 1 N–H and O–H groups in total. The van der Waals surface area contributed by atoms with Crippen LogP contribution in [-0.4, -0.2) is 35.6 Å². The number of rotatable bonds is 4. The van der Waals surface area contributed by atoms with Gasteiger partial charge in [0, 0.05) is 6.54 Å². The van der Waals surface area contributed by atoms with Crippen LogP contribution in [0.4, 0.5) is 0 Å². The molecule has 0 amide bonds. The Morgan fingerprint density at radius 2 is 2.27 bits per heavy atom. The first-order chi connectivity index (χ1) is 7.27. The van der Waals surface area contributed by atoms with Crippen molar-refractivity contribution in [3.63, 3.8) is 0 Å². The number of likely N-dealkylation sites (tertiary alicyclic amines) is 1. The summed E-state index contributed by atoms with van der Waals surface area (Å²) in [6.45, 7) is 2.57. The van der Waals surface area contributed by atoms with Gasteiger partial charge in [0.25, 0.3) is 0 Å². The zero-order chi connectivity index (χ0) is 10.7. The molecule has 1 saturated heterocycles. The van der Waals surface area contributed by atoms with E-state index >= 15 is 0 Å². The predicted octanol–water partition coefficient (Wildman–Crippen LogP) is 1.54. The van der Waals surface area contributed by atoms with Crippen molar-refractivity contribution >= 4 is 5.97 Å². The molecule has 1 aliphatic rings. The van der Waals surface area contributed by atoms with Crippen molar-refractivity contribution in [1.82, 2.24) is 4.90 Å². The number of nitrogens with zero attached hydrogens (tertiary/aromatic N) is 1. The van der Waals surface area contributed by atoms with E-state index in [9.17, 15) is 4.79 Å². The molecule has 82 valence electrons. The van der Waals surface area contributed by atoms with Crippen molar-refractivity contribution in [1.29, 1.82) is 0 Å². The van der Waals surface area contributed by atoms with Crippen LogP contribution < -0.4 is 0 Å². The molecule has 1 aromatic rings. The molecule has 0 aliphatic carbocycles. The topological polar surface area (TPSA) is 53.7 Å². The lowest BCUT2D eigenvalue weighted by Gasteiger charge is -2.18. The third-order valence-corrected chi connectivity index (χ3v) is 2.82. The second-order valence-electron chi connectivity index (χ2n) is 3.91. The van der Waals surface area contributed by atoms with Crippen LogP contribution in [0.25, 0.3) is 0 Å². The first-order valence-corrected chi connectivity index (χ1v) is 5.26. The molecule has 0 saturated carbocycles. The third-order valence-electron chi connectivity index (χ3n) is 2.82. The predicted molar refractivity (Wildman–Crippen MR) is 54.8 cm³/mol. The Kier molecular flexibility index (Phi) is 3.06. The Balaban J connectivity index is 2.03. The van der Waals surface area contributed by atoms with Crippen molar-refractivity contribution in [2.45, 2.75) is 18.8 Å². The summed E-state index contributed by atoms with van der Waals surface area (Å²) in [5, 5.41) is 9.12. The molecule has 1 unspecified atom stereocenters. The van der Waals surface area contributed by atoms with E-state index in [-0.39, 0.29) is 0 Å². The molecule has 1 aliphatic heterocycles. The van der Waals surface area contributed by atoms with Gasteiger partial charge in [-0.1, -0.05) is 0 Å². The quantitative estimate of drug-likeness (QED) is 0.817. The number of hydrogen-bond acceptors (Lipinski definition) is 3. The fourth-order valence-electron chi connectivity index (χ4n) is 2.00. The largest absolute Gasteiger partial charge is 0.481 e. The van der Waals surface area contributed by atoms with E-state index in [1.54, 1.807) is 12.1 Å². The minimum atomic E-state index is -0.808. The number of aliphatic carboxylic acids is 1. The van der Waals surface area contributed by atoms with Gasteiger partial charge in [-0.05, 0) is 38.1 Å². The second-order valence-corrected chi connectivity index (χ2v) is 3.91. The zero-order valence-electron chi connectivity index (χ0n) is 8.56. The number of hydrogen-bond donors (Lipinski definition) is 1. The van der Waals surface area contributed by atoms with Gasteiger partial charge < -0.3 is 14.4 Å². The first-order valence-electron chi connectivity index (χ1n) is 5.26. The molecular weight excluding hydrogens is 194 g/mol. The lowest BCUT2D eigenvalue weighted by Crippen LogP contribution is -2.29. The lowest BCUT2D eigenvalue weighted by atomic mass is 10.1. The summed E-state index contributed by atoms with van der Waals surface area (Å²) in [6, 6.07) is 3.46. The van der Waals surface area contributed by atoms with Gasteiger partial charge in [0.2, 0.25) is 0 Å². The maximum atomic E-state index is 11.1. The molecule has 0 bridgehead atoms. The van der Waals surface area contributed by atoms with Crippen LogP contribution in [0.2, 0.25) is 0 Å². The van der Waals surface area contributed by atoms with Gasteiger partial charge >= 0.3 is 5.97 Å². The van der Waals surface area contributed by atoms with Crippen LogP contribution in [0.15, 0.2) is 22.8 Å². The fraction of sp³-hybridized carbons (Fsp3) is 0.545. The van der Waals surface area contributed by atoms with Crippen LogP contribution in [0, 0.1) is 0 Å². The van der Waals surface area contributed by atoms with Crippen LogP contribution in [0.3, 0.4) is 0 Å². The van der Waals surface area contributed by atoms with Gasteiger partial charge in [-0.15, -0.1) is 0 Å². The van der Waals surface area contributed by atoms with Gasteiger partial charge in [0.1, 0.15) is 11.7 Å². The molecule has 1 aromatic heterocycles. The molecular formula is C11H15NO3. The van der Waals surface area contributed by atoms with Gasteiger partial charge in [-0.25, -0.2) is 0 Å². The molecule has 15 heavy (non-hydrogen) atoms. The summed E-state index contributed by atoms with van der Waals surface area (Å²) in [5.41, 5.74) is 0. The number of carboxylic acid groups (broad SMARTS) is 1. The SMILES string of the molecule is O=C(O)C(CN1CCCC1)c1ccco1. The monoisotopic (exact) mass is 209 g/mol. The molecule has 0 aromatic carbocycles. The Labute approximate surface area is 88.5 Å². The lowest BCUT2D eigenvalue weighted by molar-refractivity contribution is -0.139. The number of carboxylic acids is 1. The highest BCUT2D eigenvalue weighted by molar-refractivity contribution is 5.75. The maximum absolute atomic E-state index is 11.1. The van der Waals surface area contributed by atoms with E-state index in [1.807, 2.05) is 0 Å². The minimum absolute atomic E-state index is 0.530. The summed E-state index contributed by atoms with van der Waals surface area (Å²) in [5.74, 6) is -0.788. The highest BCUT2D eigenvalue weighted by Crippen LogP contribution is 2.20. The summed E-state index contributed by atoms with van der Waals surface area (Å²) in [7, 11) is 0. The summed E-state index contributed by atoms with van der Waals surface area (Å²) in [6.07, 6.45) is 3.87. The number of furan rings is 1. The van der Waals surface area contributed by atoms with Crippen LogP contribution >= 0.6 is 0 Å². The van der Waals surface area contributed by atoms with Crippen molar-refractivity contribution in [3.8, 4) is 0 Å². The van der Waals surface area contributed by atoms with Crippen molar-refractivity contribution < 1.29 is 14.3 Å². The van der Waals surface area contributed by atoms with Crippen molar-refractivity contribution in [2.24, 2.45) is 0 Å². The highest BCUT2D eigenvalue weighted by Gasteiger charge is 2.26. The normalized spacial score (nSPS) is 19.2. The minimum Gasteiger partial charge on any atom is -0.481 e. The van der Waals surface area contributed by atoms with E-state index in [2.05, 4.69) is 4.90 Å². The van der Waals surface area contributed by atoms with E-state index in [0.29, 0.717) is 12.3 Å². The van der Waals surface area contributed by atoms with E-state index in [0.717, 1.165) is 13.1 Å². The van der Waals surface area contributed by atoms with Crippen LogP contribution in [0.5, 0.6) is 0 Å². The Bertz CT molecular complexity index is 315. The van der Waals surface area contributed by atoms with Crippen molar-refractivity contribution in [2.75, 3.05) is 19.6 Å². The summed E-state index contributed by atoms with van der Waals surface area (Å²) < 4.78 is 5.16. The van der Waals surface area contributed by atoms with E-state index < -0.39 is 11.9 Å². The molecule has 0 spiro atoms. The second kappa shape index (κ2) is 4.49. The highest BCUT2D eigenvalue weighted by atomic mass is 16.4. The van der Waals surface area contributed by atoms with Gasteiger partial charge in [-0.2, -0.15) is 0 Å². The van der Waals surface area contributed by atoms with Gasteiger partial charge in [0.15, 0.2) is 0 Å². The van der Waals surface area contributed by atoms with E-state index in [4.69, 9.17) is 9.52 Å². The van der Waals surface area contributed by atoms with Crippen LogP contribution in [-0.2, 0) is 4.79 Å². The smallest absolute Gasteiger partial charge is 0.315 e. The molecule has 4 heteroatoms. The number of carbonyl (C=O) groups is 1. The molecule has 0 radical (unpaired) electrons. The molecule has 1 fully saturated rings. The third kappa shape index (κ3) is 2.39. The average Bonchev–Trinajstić information content (AvgIpc) is 2.87. The first kappa shape index (κ1) is 10.2. The summed E-state index contributed by atoms with van der Waals surface area (Å²) >= 11 is 0. The molecule has 4 nitrogen and oxygen atoms in total.